The molecule has 3 rings (SSSR count). The Morgan fingerprint density at radius 1 is 1.00 bits per heavy atom. The van der Waals surface area contributed by atoms with Gasteiger partial charge >= 0.3 is 0 Å². The van der Waals surface area contributed by atoms with Gasteiger partial charge in [-0.15, -0.1) is 12.6 Å². The number of hydrogen-bond acceptors (Lipinski definition) is 5. The average molecular weight is 368 g/mol. The number of nitrogens with one attached hydrogen (secondary N) is 1. The van der Waals surface area contributed by atoms with Crippen LogP contribution >= 0.6 is 12.6 Å². The first-order valence-electron chi connectivity index (χ1n) is 8.90. The first-order chi connectivity index (χ1) is 12.3. The second-order valence-electron chi connectivity index (χ2n) is 6.30. The number of rotatable bonds is 7. The molecule has 4 nitrogen and oxygen atoms in total. The fourth-order valence-electron chi connectivity index (χ4n) is 3.25. The first kappa shape index (κ1) is 20.5. The summed E-state index contributed by atoms with van der Waals surface area (Å²) in [5, 5.41) is 3.47. The molecule has 1 fully saturated rings. The van der Waals surface area contributed by atoms with Crippen molar-refractivity contribution in [2.45, 2.75) is 11.3 Å². The van der Waals surface area contributed by atoms with Crippen molar-refractivity contribution in [3.8, 4) is 5.75 Å². The Balaban J connectivity index is 0.00000243. The van der Waals surface area contributed by atoms with Crippen molar-refractivity contribution in [1.29, 1.82) is 0 Å². The molecule has 0 atom stereocenters. The summed E-state index contributed by atoms with van der Waals surface area (Å²) in [4.78, 5) is 5.97. The Morgan fingerprint density at radius 2 is 1.69 bits per heavy atom. The maximum atomic E-state index is 5.49. The van der Waals surface area contributed by atoms with Gasteiger partial charge in [0, 0.05) is 51.7 Å². The Hall–Kier alpha value is -1.79. The molecule has 3 radical (unpaired) electrons. The lowest BCUT2D eigenvalue weighted by atomic mass is 10.2. The van der Waals surface area contributed by atoms with Crippen LogP contribution in [0.1, 0.15) is 6.42 Å². The van der Waals surface area contributed by atoms with Crippen molar-refractivity contribution in [2.24, 2.45) is 0 Å². The maximum Gasteiger partial charge on any atom is 0.142 e. The number of thiol groups is 1. The Labute approximate surface area is 164 Å². The van der Waals surface area contributed by atoms with Gasteiger partial charge < -0.3 is 15.0 Å². The number of piperazine rings is 1. The van der Waals surface area contributed by atoms with Crippen LogP contribution in [-0.2, 0) is 0 Å². The second-order valence-corrected chi connectivity index (χ2v) is 6.78. The predicted octanol–water partition coefficient (Wildman–Crippen LogP) is 3.23. The van der Waals surface area contributed by atoms with Crippen LogP contribution in [0.2, 0.25) is 0 Å². The summed E-state index contributed by atoms with van der Waals surface area (Å²) in [6.07, 6.45) is 1.14. The van der Waals surface area contributed by atoms with Crippen LogP contribution in [-0.4, -0.2) is 59.7 Å². The number of nitrogens with zero attached hydrogens (tertiary/aromatic N) is 2. The highest BCUT2D eigenvalue weighted by molar-refractivity contribution is 7.80. The highest BCUT2D eigenvalue weighted by Crippen LogP contribution is 2.28. The topological polar surface area (TPSA) is 27.7 Å². The van der Waals surface area contributed by atoms with E-state index in [0.29, 0.717) is 0 Å². The Morgan fingerprint density at radius 3 is 2.42 bits per heavy atom. The smallest absolute Gasteiger partial charge is 0.142 e. The average Bonchev–Trinajstić information content (AvgIpc) is 2.67. The van der Waals surface area contributed by atoms with E-state index in [-0.39, 0.29) is 8.41 Å². The van der Waals surface area contributed by atoms with Gasteiger partial charge in [-0.3, -0.25) is 4.90 Å². The van der Waals surface area contributed by atoms with Gasteiger partial charge in [0.15, 0.2) is 0 Å². The van der Waals surface area contributed by atoms with Crippen molar-refractivity contribution in [1.82, 2.24) is 4.90 Å². The number of para-hydroxylation sites is 3. The fraction of sp³-hybridized carbons (Fsp3) is 0.400. The summed E-state index contributed by atoms with van der Waals surface area (Å²) in [6, 6.07) is 16.4. The molecular formula is C20H27BN3OS. The highest BCUT2D eigenvalue weighted by atomic mass is 32.1. The van der Waals surface area contributed by atoms with Crippen LogP contribution < -0.4 is 15.0 Å². The lowest BCUT2D eigenvalue weighted by Gasteiger charge is -2.36. The van der Waals surface area contributed by atoms with E-state index < -0.39 is 0 Å². The molecule has 0 bridgehead atoms. The van der Waals surface area contributed by atoms with Gasteiger partial charge in [-0.05, 0) is 37.2 Å². The second kappa shape index (κ2) is 10.4. The zero-order valence-corrected chi connectivity index (χ0v) is 16.3. The summed E-state index contributed by atoms with van der Waals surface area (Å²) in [6.45, 7) is 6.40. The van der Waals surface area contributed by atoms with Crippen LogP contribution in [0.15, 0.2) is 53.4 Å². The normalized spacial score (nSPS) is 14.6. The van der Waals surface area contributed by atoms with Gasteiger partial charge in [0.05, 0.1) is 12.8 Å². The summed E-state index contributed by atoms with van der Waals surface area (Å²) >= 11 is 4.47. The summed E-state index contributed by atoms with van der Waals surface area (Å²) < 4.78 is 5.49. The van der Waals surface area contributed by atoms with Gasteiger partial charge in [0.25, 0.3) is 0 Å². The van der Waals surface area contributed by atoms with Crippen LogP contribution in [0.5, 0.6) is 5.75 Å². The molecule has 137 valence electrons. The van der Waals surface area contributed by atoms with Crippen molar-refractivity contribution < 1.29 is 4.74 Å². The molecule has 1 aliphatic rings. The molecule has 6 heteroatoms. The third-order valence-electron chi connectivity index (χ3n) is 4.67. The minimum absolute atomic E-state index is 0. The zero-order valence-electron chi connectivity index (χ0n) is 15.4. The van der Waals surface area contributed by atoms with E-state index in [1.165, 1.54) is 5.69 Å². The Bertz CT molecular complexity index is 678. The lowest BCUT2D eigenvalue weighted by molar-refractivity contribution is 0.256. The molecule has 1 heterocycles. The lowest BCUT2D eigenvalue weighted by Crippen LogP contribution is -2.46. The molecule has 0 spiro atoms. The quantitative estimate of drug-likeness (QED) is 0.446. The van der Waals surface area contributed by atoms with E-state index in [9.17, 15) is 0 Å². The van der Waals surface area contributed by atoms with Gasteiger partial charge in [0.1, 0.15) is 5.75 Å². The SMILES string of the molecule is COc1ccccc1N1CCN(CCCNc2ccccc2S)CC1.[B]. The molecule has 0 aliphatic carbocycles. The van der Waals surface area contributed by atoms with Crippen LogP contribution in [0, 0.1) is 0 Å². The molecule has 0 amide bonds. The van der Waals surface area contributed by atoms with Crippen LogP contribution in [0.25, 0.3) is 0 Å². The van der Waals surface area contributed by atoms with E-state index in [1.807, 2.05) is 30.3 Å². The van der Waals surface area contributed by atoms with Crippen LogP contribution in [0.3, 0.4) is 0 Å². The number of methoxy groups -OCH3 is 1. The van der Waals surface area contributed by atoms with Gasteiger partial charge in [-0.25, -0.2) is 0 Å². The van der Waals surface area contributed by atoms with Gasteiger partial charge in [-0.2, -0.15) is 0 Å². The Kier molecular flexibility index (Phi) is 8.20. The van der Waals surface area contributed by atoms with Gasteiger partial charge in [0.2, 0.25) is 0 Å². The molecule has 1 aliphatic heterocycles. The van der Waals surface area contributed by atoms with E-state index >= 15 is 0 Å². The molecule has 2 aromatic carbocycles. The minimum Gasteiger partial charge on any atom is -0.495 e. The largest absolute Gasteiger partial charge is 0.495 e. The zero-order chi connectivity index (χ0) is 17.5. The predicted molar refractivity (Wildman–Crippen MR) is 114 cm³/mol. The van der Waals surface area contributed by atoms with Gasteiger partial charge in [-0.1, -0.05) is 24.3 Å². The van der Waals surface area contributed by atoms with Crippen LogP contribution in [0.4, 0.5) is 11.4 Å². The maximum absolute atomic E-state index is 5.49. The standard InChI is InChI=1S/C20H27N3OS.B/c1-24-19-9-4-3-8-18(19)23-15-13-22(14-16-23)12-6-11-21-17-7-2-5-10-20(17)25;/h2-5,7-10,21,25H,6,11-16H2,1H3;. The number of benzene rings is 2. The summed E-state index contributed by atoms with van der Waals surface area (Å²) in [5.74, 6) is 0.963. The molecule has 0 aromatic heterocycles. The van der Waals surface area contributed by atoms with E-state index in [1.54, 1.807) is 7.11 Å². The van der Waals surface area contributed by atoms with E-state index in [0.717, 1.165) is 62.0 Å². The third-order valence-corrected chi connectivity index (χ3v) is 5.06. The molecule has 0 unspecified atom stereocenters. The fourth-order valence-corrected chi connectivity index (χ4v) is 3.49. The van der Waals surface area contributed by atoms with Crippen molar-refractivity contribution in [3.05, 3.63) is 48.5 Å². The molecule has 26 heavy (non-hydrogen) atoms. The van der Waals surface area contributed by atoms with E-state index in [4.69, 9.17) is 4.74 Å². The number of hydrogen-bond donors (Lipinski definition) is 2. The molecule has 2 aromatic rings. The third kappa shape index (κ3) is 5.35. The highest BCUT2D eigenvalue weighted by Gasteiger charge is 2.18. The molecular weight excluding hydrogens is 341 g/mol. The van der Waals surface area contributed by atoms with Crippen molar-refractivity contribution in [2.75, 3.05) is 56.6 Å². The molecule has 0 saturated carbocycles. The molecule has 1 N–H and O–H groups in total. The first-order valence-corrected chi connectivity index (χ1v) is 9.35. The molecule has 1 saturated heterocycles. The van der Waals surface area contributed by atoms with E-state index in [2.05, 4.69) is 45.9 Å². The number of anilines is 2. The number of ether oxygens (including phenoxy) is 1. The monoisotopic (exact) mass is 368 g/mol. The summed E-state index contributed by atoms with van der Waals surface area (Å²) in [7, 11) is 1.74. The summed E-state index contributed by atoms with van der Waals surface area (Å²) in [5.41, 5.74) is 2.32. The van der Waals surface area contributed by atoms with Crippen molar-refractivity contribution >= 4 is 32.4 Å². The minimum atomic E-state index is 0. The van der Waals surface area contributed by atoms with Crippen molar-refractivity contribution in [3.63, 3.8) is 0 Å².